The molecule has 0 fully saturated rings. The molecule has 1 unspecified atom stereocenters. The summed E-state index contributed by atoms with van der Waals surface area (Å²) in [5, 5.41) is 1.22. The number of hydrogen-bond acceptors (Lipinski definition) is 9. The van der Waals surface area contributed by atoms with E-state index >= 15 is 0 Å². The van der Waals surface area contributed by atoms with Crippen LogP contribution < -0.4 is 11.1 Å². The van der Waals surface area contributed by atoms with Crippen LogP contribution in [0.1, 0.15) is 39.5 Å². The van der Waals surface area contributed by atoms with Crippen LogP contribution in [0, 0.1) is 5.82 Å². The molecule has 2 atom stereocenters. The number of hydrogen-bond donors (Lipinski definition) is 4. The molecular weight excluding hydrogens is 441 g/mol. The summed E-state index contributed by atoms with van der Waals surface area (Å²) in [5.41, 5.74) is 4.87. The molecule has 2 aromatic heterocycles. The van der Waals surface area contributed by atoms with E-state index in [4.69, 9.17) is 10.3 Å². The Bertz CT molecular complexity index is 1120. The number of anilines is 2. The molecule has 0 bridgehead atoms. The molecule has 0 amide bonds. The quantitative estimate of drug-likeness (QED) is 0.374. The van der Waals surface area contributed by atoms with E-state index in [0.717, 1.165) is 18.7 Å². The number of nitrogen functional groups attached to an aromatic ring is 1. The summed E-state index contributed by atoms with van der Waals surface area (Å²) >= 11 is 0. The largest absolute Gasteiger partial charge is 0.368 e. The van der Waals surface area contributed by atoms with Gasteiger partial charge in [0.15, 0.2) is 5.82 Å². The average molecular weight is 466 g/mol. The number of fused-ring (bicyclic) bond motifs is 1. The SMILES string of the molecule is CCCCC(C)(C[C@H](CS(=O)(=O)O)S(=O)(=O)O)Nc1nc(N)nc2cc(F)cnc12. The predicted octanol–water partition coefficient (Wildman–Crippen LogP) is 1.64. The lowest BCUT2D eigenvalue weighted by molar-refractivity contribution is 0.392. The maximum atomic E-state index is 13.5. The van der Waals surface area contributed by atoms with Gasteiger partial charge in [-0.1, -0.05) is 19.8 Å². The first-order chi connectivity index (χ1) is 13.7. The molecule has 5 N–H and O–H groups in total. The topological polar surface area (TPSA) is 185 Å². The first-order valence-electron chi connectivity index (χ1n) is 9.01. The molecule has 0 aromatic carbocycles. The minimum absolute atomic E-state index is 0.0945. The number of nitrogens with zero attached hydrogens (tertiary/aromatic N) is 3. The van der Waals surface area contributed by atoms with Crippen molar-refractivity contribution in [2.24, 2.45) is 0 Å². The molecule has 168 valence electrons. The van der Waals surface area contributed by atoms with Crippen LogP contribution in [0.15, 0.2) is 12.3 Å². The van der Waals surface area contributed by atoms with Gasteiger partial charge in [-0.15, -0.1) is 0 Å². The molecule has 0 aliphatic rings. The second-order valence-corrected chi connectivity index (χ2v) is 10.5. The van der Waals surface area contributed by atoms with Gasteiger partial charge < -0.3 is 11.1 Å². The molecule has 14 heteroatoms. The van der Waals surface area contributed by atoms with Crippen molar-refractivity contribution >= 4 is 43.0 Å². The Hall–Kier alpha value is -2.16. The van der Waals surface area contributed by atoms with Crippen LogP contribution in [-0.4, -0.2) is 57.4 Å². The standard InChI is InChI=1S/C16H24FN5O6S2/c1-3-4-5-16(2,7-11(30(26,27)28)9-29(23,24)25)22-14-13-12(20-15(18)21-14)6-10(17)8-19-13/h6,8,11H,3-5,7,9H2,1-2H3,(H,23,24,25)(H,26,27,28)(H3,18,20,21,22)/t11-,16?/m1/s1. The third kappa shape index (κ3) is 6.68. The number of halogens is 1. The van der Waals surface area contributed by atoms with Crippen LogP contribution in [0.25, 0.3) is 11.0 Å². The fourth-order valence-corrected chi connectivity index (χ4v) is 5.53. The first-order valence-corrected chi connectivity index (χ1v) is 12.1. The number of aromatic nitrogens is 3. The number of unbranched alkanes of at least 4 members (excludes halogenated alkanes) is 1. The predicted molar refractivity (Wildman–Crippen MR) is 110 cm³/mol. The van der Waals surface area contributed by atoms with Gasteiger partial charge in [0.1, 0.15) is 16.6 Å². The number of nitrogens with two attached hydrogens (primary N) is 1. The number of nitrogens with one attached hydrogen (secondary N) is 1. The highest BCUT2D eigenvalue weighted by molar-refractivity contribution is 7.90. The summed E-state index contributed by atoms with van der Waals surface area (Å²) in [6.45, 7) is 3.51. The van der Waals surface area contributed by atoms with Crippen LogP contribution in [-0.2, 0) is 20.2 Å². The monoisotopic (exact) mass is 465 g/mol. The molecule has 2 rings (SSSR count). The van der Waals surface area contributed by atoms with Crippen molar-refractivity contribution < 1.29 is 30.3 Å². The van der Waals surface area contributed by atoms with Crippen molar-refractivity contribution in [3.05, 3.63) is 18.1 Å². The van der Waals surface area contributed by atoms with E-state index in [0.29, 0.717) is 12.8 Å². The Balaban J connectivity index is 2.49. The summed E-state index contributed by atoms with van der Waals surface area (Å²) in [5.74, 6) is -1.90. The zero-order chi connectivity index (χ0) is 22.7. The van der Waals surface area contributed by atoms with Gasteiger partial charge in [0.05, 0.1) is 17.5 Å². The summed E-state index contributed by atoms with van der Waals surface area (Å²) in [7, 11) is -9.49. The summed E-state index contributed by atoms with van der Waals surface area (Å²) in [6.07, 6.45) is 2.29. The van der Waals surface area contributed by atoms with E-state index in [2.05, 4.69) is 20.3 Å². The van der Waals surface area contributed by atoms with E-state index < -0.39 is 42.6 Å². The second kappa shape index (κ2) is 8.91. The lowest BCUT2D eigenvalue weighted by atomic mass is 9.89. The van der Waals surface area contributed by atoms with Gasteiger partial charge in [0, 0.05) is 11.6 Å². The van der Waals surface area contributed by atoms with Crippen molar-refractivity contribution in [1.82, 2.24) is 15.0 Å². The van der Waals surface area contributed by atoms with Crippen LogP contribution in [0.4, 0.5) is 16.2 Å². The van der Waals surface area contributed by atoms with Crippen molar-refractivity contribution in [1.29, 1.82) is 0 Å². The number of pyridine rings is 1. The van der Waals surface area contributed by atoms with E-state index in [1.807, 2.05) is 6.92 Å². The molecule has 0 saturated heterocycles. The van der Waals surface area contributed by atoms with Gasteiger partial charge in [-0.25, -0.2) is 14.4 Å². The summed E-state index contributed by atoms with van der Waals surface area (Å²) in [6, 6.07) is 1.11. The van der Waals surface area contributed by atoms with Crippen molar-refractivity contribution in [3.63, 3.8) is 0 Å². The molecule has 30 heavy (non-hydrogen) atoms. The first kappa shape index (κ1) is 24.1. The van der Waals surface area contributed by atoms with Gasteiger partial charge in [0.25, 0.3) is 20.2 Å². The lowest BCUT2D eigenvalue weighted by Crippen LogP contribution is -2.43. The zero-order valence-electron chi connectivity index (χ0n) is 16.4. The van der Waals surface area contributed by atoms with Gasteiger partial charge in [-0.2, -0.15) is 21.8 Å². The van der Waals surface area contributed by atoms with Gasteiger partial charge in [-0.3, -0.25) is 9.11 Å². The molecule has 0 radical (unpaired) electrons. The third-order valence-corrected chi connectivity index (χ3v) is 6.73. The lowest BCUT2D eigenvalue weighted by Gasteiger charge is -2.34. The Kier molecular flexibility index (Phi) is 7.16. The highest BCUT2D eigenvalue weighted by Crippen LogP contribution is 2.30. The van der Waals surface area contributed by atoms with Crippen molar-refractivity contribution in [3.8, 4) is 0 Å². The zero-order valence-corrected chi connectivity index (χ0v) is 18.0. The number of rotatable bonds is 10. The van der Waals surface area contributed by atoms with Crippen LogP contribution in [0.5, 0.6) is 0 Å². The van der Waals surface area contributed by atoms with Gasteiger partial charge in [-0.05, 0) is 19.8 Å². The van der Waals surface area contributed by atoms with Crippen LogP contribution in [0.2, 0.25) is 0 Å². The summed E-state index contributed by atoms with van der Waals surface area (Å²) < 4.78 is 78.2. The Morgan fingerprint density at radius 3 is 2.50 bits per heavy atom. The fraction of sp³-hybridized carbons (Fsp3) is 0.562. The molecule has 2 heterocycles. The van der Waals surface area contributed by atoms with Crippen LogP contribution >= 0.6 is 0 Å². The van der Waals surface area contributed by atoms with Crippen LogP contribution in [0.3, 0.4) is 0 Å². The highest BCUT2D eigenvalue weighted by Gasteiger charge is 2.37. The molecule has 0 aliphatic carbocycles. The second-order valence-electron chi connectivity index (χ2n) is 7.33. The molecular formula is C16H24FN5O6S2. The fourth-order valence-electron chi connectivity index (χ4n) is 3.16. The van der Waals surface area contributed by atoms with Gasteiger partial charge in [0.2, 0.25) is 5.95 Å². The Morgan fingerprint density at radius 2 is 1.93 bits per heavy atom. The van der Waals surface area contributed by atoms with Gasteiger partial charge >= 0.3 is 0 Å². The normalized spacial score (nSPS) is 15.6. The molecule has 11 nitrogen and oxygen atoms in total. The van der Waals surface area contributed by atoms with E-state index in [9.17, 15) is 25.8 Å². The van der Waals surface area contributed by atoms with E-state index in [-0.39, 0.29) is 29.2 Å². The minimum Gasteiger partial charge on any atom is -0.368 e. The maximum absolute atomic E-state index is 13.5. The average Bonchev–Trinajstić information content (AvgIpc) is 2.57. The highest BCUT2D eigenvalue weighted by atomic mass is 32.2. The summed E-state index contributed by atoms with van der Waals surface area (Å²) in [4.78, 5) is 11.9. The maximum Gasteiger partial charge on any atom is 0.268 e. The Labute approximate surface area is 173 Å². The van der Waals surface area contributed by atoms with Crippen molar-refractivity contribution in [2.45, 2.75) is 50.3 Å². The Morgan fingerprint density at radius 1 is 1.27 bits per heavy atom. The molecule has 0 aliphatic heterocycles. The molecule has 0 spiro atoms. The smallest absolute Gasteiger partial charge is 0.268 e. The van der Waals surface area contributed by atoms with E-state index in [1.165, 1.54) is 0 Å². The molecule has 0 saturated carbocycles. The molecule has 2 aromatic rings. The minimum atomic E-state index is -4.81. The third-order valence-electron chi connectivity index (χ3n) is 4.52. The van der Waals surface area contributed by atoms with E-state index in [1.54, 1.807) is 6.92 Å². The van der Waals surface area contributed by atoms with Crippen molar-refractivity contribution in [2.75, 3.05) is 16.8 Å².